The van der Waals surface area contributed by atoms with E-state index in [1.807, 2.05) is 0 Å². The van der Waals surface area contributed by atoms with E-state index in [1.54, 1.807) is 6.92 Å². The molecule has 1 saturated heterocycles. The molecule has 1 aliphatic rings. The molecule has 0 N–H and O–H groups in total. The molecule has 118 valence electrons. The molecule has 0 saturated carbocycles. The summed E-state index contributed by atoms with van der Waals surface area (Å²) in [7, 11) is -2.23. The molecular weight excluding hydrogens is 302 g/mol. The molecule has 0 radical (unpaired) electrons. The summed E-state index contributed by atoms with van der Waals surface area (Å²) in [5.74, 6) is -1.94. The molecule has 0 aromatic heterocycles. The minimum absolute atomic E-state index is 0.289. The van der Waals surface area contributed by atoms with Gasteiger partial charge in [0.15, 0.2) is 11.6 Å². The van der Waals surface area contributed by atoms with Crippen LogP contribution in [0, 0.1) is 11.6 Å². The molecule has 1 fully saturated rings. The zero-order valence-electron chi connectivity index (χ0n) is 11.9. The zero-order chi connectivity index (χ0) is 15.6. The van der Waals surface area contributed by atoms with E-state index in [-0.39, 0.29) is 13.1 Å². The maximum Gasteiger partial charge on any atom is 0.282 e. The number of ether oxygens (including phenoxy) is 1. The van der Waals surface area contributed by atoms with Gasteiger partial charge in [-0.2, -0.15) is 17.0 Å². The monoisotopic (exact) mass is 320 g/mol. The standard InChI is InChI=1S/C13H18F2N2O3S/c1-10(11-3-4-12(14)13(15)9-11)16(2)21(18,19)17-5-7-20-8-6-17/h3-4,9-10H,5-8H2,1-2H3/t10-/m0/s1. The number of morpholine rings is 1. The fraction of sp³-hybridized carbons (Fsp3) is 0.538. The summed E-state index contributed by atoms with van der Waals surface area (Å²) in [6.45, 7) is 2.91. The highest BCUT2D eigenvalue weighted by Crippen LogP contribution is 2.25. The van der Waals surface area contributed by atoms with Crippen molar-refractivity contribution in [3.05, 3.63) is 35.4 Å². The Balaban J connectivity index is 2.20. The smallest absolute Gasteiger partial charge is 0.282 e. The Kier molecular flexibility index (Phi) is 4.92. The predicted octanol–water partition coefficient (Wildman–Crippen LogP) is 1.53. The lowest BCUT2D eigenvalue weighted by Gasteiger charge is -2.33. The third-order valence-electron chi connectivity index (χ3n) is 3.63. The Morgan fingerprint density at radius 1 is 1.24 bits per heavy atom. The number of nitrogens with zero attached hydrogens (tertiary/aromatic N) is 2. The molecule has 1 aromatic carbocycles. The first-order chi connectivity index (χ1) is 9.84. The third kappa shape index (κ3) is 3.39. The first kappa shape index (κ1) is 16.3. The predicted molar refractivity (Wildman–Crippen MR) is 73.8 cm³/mol. The molecule has 1 aliphatic heterocycles. The van der Waals surface area contributed by atoms with Gasteiger partial charge in [0.25, 0.3) is 10.2 Å². The Bertz CT molecular complexity index is 603. The highest BCUT2D eigenvalue weighted by Gasteiger charge is 2.32. The fourth-order valence-electron chi connectivity index (χ4n) is 2.14. The van der Waals surface area contributed by atoms with Crippen LogP contribution in [0.15, 0.2) is 18.2 Å². The average Bonchev–Trinajstić information content (AvgIpc) is 2.49. The quantitative estimate of drug-likeness (QED) is 0.845. The average molecular weight is 320 g/mol. The van der Waals surface area contributed by atoms with Crippen molar-refractivity contribution in [2.75, 3.05) is 33.4 Å². The number of benzene rings is 1. The van der Waals surface area contributed by atoms with Crippen LogP contribution >= 0.6 is 0 Å². The van der Waals surface area contributed by atoms with Crippen LogP contribution in [0.3, 0.4) is 0 Å². The molecule has 8 heteroatoms. The van der Waals surface area contributed by atoms with Crippen molar-refractivity contribution in [2.45, 2.75) is 13.0 Å². The van der Waals surface area contributed by atoms with Crippen molar-refractivity contribution in [1.29, 1.82) is 0 Å². The third-order valence-corrected chi connectivity index (χ3v) is 5.69. The van der Waals surface area contributed by atoms with E-state index in [0.29, 0.717) is 18.8 Å². The van der Waals surface area contributed by atoms with Gasteiger partial charge in [0.05, 0.1) is 13.2 Å². The lowest BCUT2D eigenvalue weighted by Crippen LogP contribution is -2.47. The lowest BCUT2D eigenvalue weighted by atomic mass is 10.1. The molecule has 0 bridgehead atoms. The van der Waals surface area contributed by atoms with Gasteiger partial charge >= 0.3 is 0 Å². The maximum atomic E-state index is 13.3. The zero-order valence-corrected chi connectivity index (χ0v) is 12.7. The SMILES string of the molecule is C[C@@H](c1ccc(F)c(F)c1)N(C)S(=O)(=O)N1CCOCC1. The molecule has 0 amide bonds. The van der Waals surface area contributed by atoms with Crippen molar-refractivity contribution in [1.82, 2.24) is 8.61 Å². The van der Waals surface area contributed by atoms with Crippen LogP contribution < -0.4 is 0 Å². The molecule has 0 aliphatic carbocycles. The van der Waals surface area contributed by atoms with Crippen LogP contribution in [-0.4, -0.2) is 50.4 Å². The van der Waals surface area contributed by atoms with E-state index in [9.17, 15) is 17.2 Å². The van der Waals surface area contributed by atoms with Crippen molar-refractivity contribution >= 4 is 10.2 Å². The molecule has 1 heterocycles. The molecule has 0 spiro atoms. The largest absolute Gasteiger partial charge is 0.379 e. The summed E-state index contributed by atoms with van der Waals surface area (Å²) in [5.41, 5.74) is 0.397. The Labute approximate surface area is 123 Å². The Hall–Kier alpha value is -1.09. The second-order valence-electron chi connectivity index (χ2n) is 4.88. The van der Waals surface area contributed by atoms with Gasteiger partial charge in [0, 0.05) is 26.2 Å². The van der Waals surface area contributed by atoms with E-state index >= 15 is 0 Å². The van der Waals surface area contributed by atoms with Crippen LogP contribution in [0.4, 0.5) is 8.78 Å². The van der Waals surface area contributed by atoms with Gasteiger partial charge in [-0.25, -0.2) is 8.78 Å². The van der Waals surface area contributed by atoms with Gasteiger partial charge in [0.2, 0.25) is 0 Å². The highest BCUT2D eigenvalue weighted by atomic mass is 32.2. The molecule has 2 rings (SSSR count). The minimum atomic E-state index is -3.66. The van der Waals surface area contributed by atoms with Crippen LogP contribution in [0.5, 0.6) is 0 Å². The molecule has 21 heavy (non-hydrogen) atoms. The number of hydrogen-bond acceptors (Lipinski definition) is 3. The van der Waals surface area contributed by atoms with Gasteiger partial charge in [-0.1, -0.05) is 6.07 Å². The van der Waals surface area contributed by atoms with E-state index in [4.69, 9.17) is 4.74 Å². The maximum absolute atomic E-state index is 13.3. The topological polar surface area (TPSA) is 49.9 Å². The Morgan fingerprint density at radius 2 is 1.86 bits per heavy atom. The van der Waals surface area contributed by atoms with Gasteiger partial charge in [-0.05, 0) is 24.6 Å². The Morgan fingerprint density at radius 3 is 2.43 bits per heavy atom. The first-order valence-electron chi connectivity index (χ1n) is 6.60. The molecule has 1 atom stereocenters. The molecule has 1 aromatic rings. The van der Waals surface area contributed by atoms with Gasteiger partial charge < -0.3 is 4.74 Å². The van der Waals surface area contributed by atoms with Gasteiger partial charge in [-0.15, -0.1) is 0 Å². The van der Waals surface area contributed by atoms with Crippen molar-refractivity contribution < 1.29 is 21.9 Å². The summed E-state index contributed by atoms with van der Waals surface area (Å²) in [6, 6.07) is 2.80. The van der Waals surface area contributed by atoms with Crippen molar-refractivity contribution in [3.63, 3.8) is 0 Å². The lowest BCUT2D eigenvalue weighted by molar-refractivity contribution is 0.0700. The van der Waals surface area contributed by atoms with Crippen LogP contribution in [0.2, 0.25) is 0 Å². The van der Waals surface area contributed by atoms with Crippen LogP contribution in [-0.2, 0) is 14.9 Å². The summed E-state index contributed by atoms with van der Waals surface area (Å²) in [5, 5.41) is 0. The second kappa shape index (κ2) is 6.35. The van der Waals surface area contributed by atoms with Crippen molar-refractivity contribution in [3.8, 4) is 0 Å². The summed E-state index contributed by atoms with van der Waals surface area (Å²) in [4.78, 5) is 0. The fourth-order valence-corrected chi connectivity index (χ4v) is 3.64. The van der Waals surface area contributed by atoms with Gasteiger partial charge in [0.1, 0.15) is 0 Å². The van der Waals surface area contributed by atoms with Gasteiger partial charge in [-0.3, -0.25) is 0 Å². The van der Waals surface area contributed by atoms with Crippen molar-refractivity contribution in [2.24, 2.45) is 0 Å². The highest BCUT2D eigenvalue weighted by molar-refractivity contribution is 7.86. The summed E-state index contributed by atoms with van der Waals surface area (Å²) < 4.78 is 58.8. The van der Waals surface area contributed by atoms with E-state index in [1.165, 1.54) is 17.4 Å². The van der Waals surface area contributed by atoms with Crippen LogP contribution in [0.25, 0.3) is 0 Å². The normalized spacial score (nSPS) is 18.9. The minimum Gasteiger partial charge on any atom is -0.379 e. The van der Waals surface area contributed by atoms with E-state index < -0.39 is 27.9 Å². The molecule has 5 nitrogen and oxygen atoms in total. The molecule has 0 unspecified atom stereocenters. The van der Waals surface area contributed by atoms with E-state index in [2.05, 4.69) is 0 Å². The number of rotatable bonds is 4. The first-order valence-corrected chi connectivity index (χ1v) is 7.99. The number of halogens is 2. The second-order valence-corrected chi connectivity index (χ2v) is 6.87. The summed E-state index contributed by atoms with van der Waals surface area (Å²) in [6.07, 6.45) is 0. The van der Waals surface area contributed by atoms with E-state index in [0.717, 1.165) is 16.4 Å². The van der Waals surface area contributed by atoms with Crippen LogP contribution in [0.1, 0.15) is 18.5 Å². The number of hydrogen-bond donors (Lipinski definition) is 0. The molecular formula is C13H18F2N2O3S. The summed E-state index contributed by atoms with van der Waals surface area (Å²) >= 11 is 0.